The zero-order valence-corrected chi connectivity index (χ0v) is 20.0. The van der Waals surface area contributed by atoms with Gasteiger partial charge in [-0.05, 0) is 53.2 Å². The number of para-hydroxylation sites is 2. The summed E-state index contributed by atoms with van der Waals surface area (Å²) in [6.07, 6.45) is 3.95. The van der Waals surface area contributed by atoms with E-state index in [0.29, 0.717) is 12.5 Å². The van der Waals surface area contributed by atoms with E-state index in [1.165, 1.54) is 39.2 Å². The van der Waals surface area contributed by atoms with E-state index in [1.807, 2.05) is 4.68 Å². The van der Waals surface area contributed by atoms with Gasteiger partial charge in [-0.2, -0.15) is 5.10 Å². The summed E-state index contributed by atoms with van der Waals surface area (Å²) in [5.74, 6) is 1.55. The fourth-order valence-corrected chi connectivity index (χ4v) is 6.72. The molecule has 7 rings (SSSR count). The minimum absolute atomic E-state index is 0.207. The fraction of sp³-hybridized carbons (Fsp3) is 0.267. The van der Waals surface area contributed by atoms with Crippen LogP contribution in [-0.4, -0.2) is 28.0 Å². The highest BCUT2D eigenvalue weighted by molar-refractivity contribution is 5.78. The van der Waals surface area contributed by atoms with Gasteiger partial charge in [0, 0.05) is 25.1 Å². The molecule has 0 radical (unpaired) electrons. The summed E-state index contributed by atoms with van der Waals surface area (Å²) < 4.78 is 2.05. The maximum absolute atomic E-state index is 4.74. The topological polar surface area (TPSA) is 37.2 Å². The van der Waals surface area contributed by atoms with Crippen LogP contribution in [-0.2, 0) is 19.5 Å². The van der Waals surface area contributed by atoms with Crippen molar-refractivity contribution in [2.45, 2.75) is 38.0 Å². The maximum Gasteiger partial charge on any atom is 0.158 e. The number of benzene rings is 3. The molecule has 1 aromatic heterocycles. The first-order valence-electron chi connectivity index (χ1n) is 12.5. The largest absolute Gasteiger partial charge is 0.352 e. The number of hydrogen-bond donors (Lipinski definition) is 0. The van der Waals surface area contributed by atoms with Crippen molar-refractivity contribution in [3.63, 3.8) is 0 Å². The van der Waals surface area contributed by atoms with Crippen molar-refractivity contribution in [2.24, 2.45) is 5.92 Å². The molecule has 3 aliphatic heterocycles. The van der Waals surface area contributed by atoms with Crippen LogP contribution in [0.3, 0.4) is 0 Å². The first-order chi connectivity index (χ1) is 17.2. The first-order valence-corrected chi connectivity index (χ1v) is 12.5. The normalized spacial score (nSPS) is 22.8. The van der Waals surface area contributed by atoms with E-state index in [-0.39, 0.29) is 12.1 Å². The van der Waals surface area contributed by atoms with Gasteiger partial charge in [-0.1, -0.05) is 67.2 Å². The van der Waals surface area contributed by atoms with Crippen LogP contribution in [0.4, 0.5) is 11.4 Å². The van der Waals surface area contributed by atoms with Crippen LogP contribution >= 0.6 is 0 Å². The highest BCUT2D eigenvalue weighted by Crippen LogP contribution is 2.51. The SMILES string of the molecule is C=C1Cn2ncnc2-c2ccccc2CCC2c3ccccc3CN3c4ccccc4N(C)C3C12. The molecule has 0 saturated carbocycles. The second-order valence-electron chi connectivity index (χ2n) is 10.1. The first kappa shape index (κ1) is 20.5. The predicted octanol–water partition coefficient (Wildman–Crippen LogP) is 5.64. The standard InChI is InChI=1S/C30H29N5/c1-20-17-35-29(31-19-32-35)24-12-6-3-9-21(24)15-16-25-23-11-5-4-10-22(23)18-34-27-14-8-7-13-26(27)33(2)30(34)28(20)25/h3-14,19,25,28,30H,1,15-18H2,2H3. The number of nitrogens with zero attached hydrogens (tertiary/aromatic N) is 5. The minimum Gasteiger partial charge on any atom is -0.352 e. The molecule has 0 aliphatic carbocycles. The Morgan fingerprint density at radius 3 is 2.49 bits per heavy atom. The molecule has 0 N–H and O–H groups in total. The molecule has 3 aromatic carbocycles. The Labute approximate surface area is 206 Å². The lowest BCUT2D eigenvalue weighted by Crippen LogP contribution is -2.48. The van der Waals surface area contributed by atoms with Gasteiger partial charge in [0.2, 0.25) is 0 Å². The zero-order chi connectivity index (χ0) is 23.5. The van der Waals surface area contributed by atoms with Crippen LogP contribution in [0, 0.1) is 5.92 Å². The molecule has 4 aromatic rings. The van der Waals surface area contributed by atoms with E-state index >= 15 is 0 Å². The smallest absolute Gasteiger partial charge is 0.158 e. The van der Waals surface area contributed by atoms with Gasteiger partial charge in [0.1, 0.15) is 12.5 Å². The minimum atomic E-state index is 0.207. The van der Waals surface area contributed by atoms with Gasteiger partial charge in [-0.15, -0.1) is 0 Å². The Balaban J connectivity index is 1.43. The second kappa shape index (κ2) is 7.84. The van der Waals surface area contributed by atoms with Crippen LogP contribution in [0.2, 0.25) is 0 Å². The molecule has 0 saturated heterocycles. The van der Waals surface area contributed by atoms with E-state index in [1.54, 1.807) is 6.33 Å². The maximum atomic E-state index is 4.74. The highest BCUT2D eigenvalue weighted by Gasteiger charge is 2.46. The molecule has 0 amide bonds. The van der Waals surface area contributed by atoms with Crippen molar-refractivity contribution in [3.8, 4) is 11.4 Å². The Morgan fingerprint density at radius 1 is 0.857 bits per heavy atom. The van der Waals surface area contributed by atoms with Crippen molar-refractivity contribution in [1.82, 2.24) is 14.8 Å². The Kier molecular flexibility index (Phi) is 4.59. The number of hydrogen-bond acceptors (Lipinski definition) is 4. The zero-order valence-electron chi connectivity index (χ0n) is 20.0. The summed E-state index contributed by atoms with van der Waals surface area (Å²) in [5.41, 5.74) is 9.25. The van der Waals surface area contributed by atoms with Gasteiger partial charge in [0.15, 0.2) is 5.82 Å². The van der Waals surface area contributed by atoms with E-state index in [4.69, 9.17) is 6.58 Å². The molecule has 0 bridgehead atoms. The van der Waals surface area contributed by atoms with Crippen molar-refractivity contribution in [1.29, 1.82) is 0 Å². The van der Waals surface area contributed by atoms with Crippen LogP contribution in [0.15, 0.2) is 91.3 Å². The molecule has 3 unspecified atom stereocenters. The van der Waals surface area contributed by atoms with Gasteiger partial charge in [-0.25, -0.2) is 9.67 Å². The van der Waals surface area contributed by atoms with Crippen LogP contribution in [0.1, 0.15) is 29.0 Å². The Bertz CT molecular complexity index is 1440. The molecule has 4 heterocycles. The summed E-state index contributed by atoms with van der Waals surface area (Å²) in [6.45, 7) is 6.32. The third-order valence-corrected chi connectivity index (χ3v) is 8.26. The molecule has 35 heavy (non-hydrogen) atoms. The lowest BCUT2D eigenvalue weighted by atomic mass is 9.75. The summed E-state index contributed by atoms with van der Waals surface area (Å²) in [4.78, 5) is 9.75. The fourth-order valence-electron chi connectivity index (χ4n) is 6.72. The molecule has 5 heteroatoms. The monoisotopic (exact) mass is 459 g/mol. The average molecular weight is 460 g/mol. The summed E-state index contributed by atoms with van der Waals surface area (Å²) in [6, 6.07) is 26.6. The Hall–Kier alpha value is -3.86. The van der Waals surface area contributed by atoms with Crippen LogP contribution < -0.4 is 9.80 Å². The molecule has 0 fully saturated rings. The molecular formula is C30H29N5. The lowest BCUT2D eigenvalue weighted by Gasteiger charge is -2.40. The average Bonchev–Trinajstić information content (AvgIpc) is 3.40. The van der Waals surface area contributed by atoms with Gasteiger partial charge in [-0.3, -0.25) is 0 Å². The number of aryl methyl sites for hydroxylation is 1. The molecule has 3 aliphatic rings. The number of anilines is 2. The van der Waals surface area contributed by atoms with E-state index in [9.17, 15) is 0 Å². The van der Waals surface area contributed by atoms with Gasteiger partial charge in [0.25, 0.3) is 0 Å². The Morgan fingerprint density at radius 2 is 1.60 bits per heavy atom. The summed E-state index contributed by atoms with van der Waals surface area (Å²) in [7, 11) is 2.25. The molecule has 0 spiro atoms. The van der Waals surface area contributed by atoms with E-state index < -0.39 is 0 Å². The lowest BCUT2D eigenvalue weighted by molar-refractivity contribution is 0.365. The van der Waals surface area contributed by atoms with Gasteiger partial charge in [0.05, 0.1) is 17.9 Å². The van der Waals surface area contributed by atoms with Gasteiger partial charge < -0.3 is 9.80 Å². The van der Waals surface area contributed by atoms with Crippen LogP contribution in [0.25, 0.3) is 11.4 Å². The van der Waals surface area contributed by atoms with Crippen molar-refractivity contribution in [3.05, 3.63) is 108 Å². The third kappa shape index (κ3) is 3.07. The molecular weight excluding hydrogens is 430 g/mol. The predicted molar refractivity (Wildman–Crippen MR) is 140 cm³/mol. The van der Waals surface area contributed by atoms with Crippen LogP contribution in [0.5, 0.6) is 0 Å². The van der Waals surface area contributed by atoms with Gasteiger partial charge >= 0.3 is 0 Å². The number of aromatic nitrogens is 3. The highest BCUT2D eigenvalue weighted by atomic mass is 15.4. The number of rotatable bonds is 0. The number of fused-ring (bicyclic) bond motifs is 10. The quantitative estimate of drug-likeness (QED) is 0.319. The molecule has 5 nitrogen and oxygen atoms in total. The van der Waals surface area contributed by atoms with E-state index in [2.05, 4.69) is 99.7 Å². The second-order valence-corrected chi connectivity index (χ2v) is 10.1. The van der Waals surface area contributed by atoms with Crippen molar-refractivity contribution < 1.29 is 0 Å². The third-order valence-electron chi connectivity index (χ3n) is 8.26. The summed E-state index contributed by atoms with van der Waals surface area (Å²) in [5, 5.41) is 4.65. The van der Waals surface area contributed by atoms with Crippen molar-refractivity contribution >= 4 is 11.4 Å². The van der Waals surface area contributed by atoms with Crippen molar-refractivity contribution in [2.75, 3.05) is 16.8 Å². The summed E-state index contributed by atoms with van der Waals surface area (Å²) >= 11 is 0. The molecule has 174 valence electrons. The molecule has 3 atom stereocenters. The van der Waals surface area contributed by atoms with E-state index in [0.717, 1.165) is 25.2 Å².